The van der Waals surface area contributed by atoms with E-state index in [2.05, 4.69) is 32.0 Å². The molecule has 0 spiro atoms. The first-order valence-electron chi connectivity index (χ1n) is 5.48. The van der Waals surface area contributed by atoms with E-state index in [1.54, 1.807) is 0 Å². The van der Waals surface area contributed by atoms with Crippen molar-refractivity contribution in [2.45, 2.75) is 19.3 Å². The number of ether oxygens (including phenoxy) is 1. The lowest BCUT2D eigenvalue weighted by molar-refractivity contribution is 0.417. The van der Waals surface area contributed by atoms with Crippen LogP contribution in [-0.2, 0) is 5.41 Å². The van der Waals surface area contributed by atoms with Gasteiger partial charge in [0, 0.05) is 16.5 Å². The van der Waals surface area contributed by atoms with E-state index in [9.17, 15) is 0 Å². The molecule has 16 heavy (non-hydrogen) atoms. The summed E-state index contributed by atoms with van der Waals surface area (Å²) in [6.45, 7) is 4.42. The number of benzene rings is 2. The molecule has 1 heteroatoms. The van der Waals surface area contributed by atoms with Gasteiger partial charge in [0.25, 0.3) is 0 Å². The first-order chi connectivity index (χ1) is 7.69. The molecule has 0 saturated carbocycles. The second kappa shape index (κ2) is 3.11. The molecule has 79 valence electrons. The highest BCUT2D eigenvalue weighted by Crippen LogP contribution is 2.46. The fraction of sp³-hybridized carbons (Fsp3) is 0.200. The van der Waals surface area contributed by atoms with Gasteiger partial charge in [-0.25, -0.2) is 0 Å². The van der Waals surface area contributed by atoms with Crippen molar-refractivity contribution in [3.8, 4) is 11.5 Å². The molecule has 0 saturated heterocycles. The van der Waals surface area contributed by atoms with Crippen LogP contribution in [0.1, 0.15) is 25.0 Å². The average molecular weight is 209 g/mol. The minimum atomic E-state index is -0.0363. The summed E-state index contributed by atoms with van der Waals surface area (Å²) in [6.07, 6.45) is 0. The third kappa shape index (κ3) is 1.18. The van der Waals surface area contributed by atoms with Gasteiger partial charge in [0.15, 0.2) is 0 Å². The van der Waals surface area contributed by atoms with Crippen LogP contribution < -0.4 is 4.74 Å². The van der Waals surface area contributed by atoms with Gasteiger partial charge in [-0.2, -0.15) is 0 Å². The van der Waals surface area contributed by atoms with E-state index in [0.717, 1.165) is 17.1 Å². The van der Waals surface area contributed by atoms with Gasteiger partial charge in [-0.3, -0.25) is 0 Å². The first kappa shape index (κ1) is 9.46. The van der Waals surface area contributed by atoms with Gasteiger partial charge >= 0.3 is 0 Å². The van der Waals surface area contributed by atoms with Gasteiger partial charge < -0.3 is 4.74 Å². The van der Waals surface area contributed by atoms with Crippen molar-refractivity contribution in [1.82, 2.24) is 0 Å². The summed E-state index contributed by atoms with van der Waals surface area (Å²) in [5.41, 5.74) is 2.32. The highest BCUT2D eigenvalue weighted by atomic mass is 16.5. The lowest BCUT2D eigenvalue weighted by Gasteiger charge is -2.33. The van der Waals surface area contributed by atoms with E-state index < -0.39 is 0 Å². The average Bonchev–Trinajstić information content (AvgIpc) is 2.29. The van der Waals surface area contributed by atoms with Crippen molar-refractivity contribution < 1.29 is 4.74 Å². The molecule has 0 atom stereocenters. The number of fused-ring (bicyclic) bond motifs is 2. The maximum absolute atomic E-state index is 5.88. The van der Waals surface area contributed by atoms with Gasteiger partial charge in [0.2, 0.25) is 0 Å². The Morgan fingerprint density at radius 3 is 2.62 bits per heavy atom. The summed E-state index contributed by atoms with van der Waals surface area (Å²) in [6, 6.07) is 17.4. The predicted molar refractivity (Wildman–Crippen MR) is 63.9 cm³/mol. The topological polar surface area (TPSA) is 9.23 Å². The molecule has 2 aromatic carbocycles. The Kier molecular flexibility index (Phi) is 1.84. The van der Waals surface area contributed by atoms with Gasteiger partial charge in [-0.15, -0.1) is 0 Å². The van der Waals surface area contributed by atoms with E-state index in [4.69, 9.17) is 4.74 Å². The second-order valence-corrected chi connectivity index (χ2v) is 4.63. The Hall–Kier alpha value is -1.76. The van der Waals surface area contributed by atoms with Crippen LogP contribution in [0, 0.1) is 6.07 Å². The third-order valence-electron chi connectivity index (χ3n) is 3.22. The fourth-order valence-corrected chi connectivity index (χ4v) is 2.32. The van der Waals surface area contributed by atoms with Gasteiger partial charge in [0.1, 0.15) is 11.5 Å². The van der Waals surface area contributed by atoms with E-state index in [1.807, 2.05) is 30.3 Å². The molecule has 0 fully saturated rings. The largest absolute Gasteiger partial charge is 0.457 e. The highest BCUT2D eigenvalue weighted by molar-refractivity contribution is 5.55. The lowest BCUT2D eigenvalue weighted by Crippen LogP contribution is -2.24. The quantitative estimate of drug-likeness (QED) is 0.639. The molecule has 3 rings (SSSR count). The van der Waals surface area contributed by atoms with Crippen LogP contribution in [0.15, 0.2) is 42.5 Å². The zero-order valence-corrected chi connectivity index (χ0v) is 9.45. The Labute approximate surface area is 95.7 Å². The summed E-state index contributed by atoms with van der Waals surface area (Å²) in [4.78, 5) is 0. The molecule has 1 heterocycles. The Balaban J connectivity index is 2.28. The number of para-hydroxylation sites is 1. The molecule has 0 amide bonds. The van der Waals surface area contributed by atoms with Crippen LogP contribution >= 0.6 is 0 Å². The normalized spacial score (nSPS) is 15.9. The molecule has 1 radical (unpaired) electrons. The highest BCUT2D eigenvalue weighted by Gasteiger charge is 2.33. The van der Waals surface area contributed by atoms with Crippen LogP contribution in [0.5, 0.6) is 11.5 Å². The zero-order chi connectivity index (χ0) is 11.2. The van der Waals surface area contributed by atoms with Crippen LogP contribution in [0.4, 0.5) is 0 Å². The second-order valence-electron chi connectivity index (χ2n) is 4.63. The van der Waals surface area contributed by atoms with Crippen molar-refractivity contribution in [3.63, 3.8) is 0 Å². The van der Waals surface area contributed by atoms with Gasteiger partial charge in [-0.05, 0) is 18.2 Å². The van der Waals surface area contributed by atoms with Crippen molar-refractivity contribution >= 4 is 0 Å². The van der Waals surface area contributed by atoms with Crippen LogP contribution in [0.2, 0.25) is 0 Å². The van der Waals surface area contributed by atoms with E-state index in [0.29, 0.717) is 0 Å². The van der Waals surface area contributed by atoms with E-state index in [1.165, 1.54) is 5.56 Å². The van der Waals surface area contributed by atoms with Gasteiger partial charge in [0.05, 0.1) is 0 Å². The number of hydrogen-bond acceptors (Lipinski definition) is 1. The summed E-state index contributed by atoms with van der Waals surface area (Å²) in [7, 11) is 0. The summed E-state index contributed by atoms with van der Waals surface area (Å²) >= 11 is 0. The molecule has 0 unspecified atom stereocenters. The SMILES string of the molecule is CC1(C)c2[c]cccc2Oc2ccccc21. The van der Waals surface area contributed by atoms with Gasteiger partial charge in [-0.1, -0.05) is 44.2 Å². The molecule has 1 aliphatic rings. The first-order valence-corrected chi connectivity index (χ1v) is 5.48. The summed E-state index contributed by atoms with van der Waals surface area (Å²) < 4.78 is 5.88. The number of rotatable bonds is 0. The summed E-state index contributed by atoms with van der Waals surface area (Å²) in [5, 5.41) is 0. The Bertz CT molecular complexity index is 493. The minimum Gasteiger partial charge on any atom is -0.457 e. The van der Waals surface area contributed by atoms with Crippen molar-refractivity contribution in [2.75, 3.05) is 0 Å². The molecule has 1 aliphatic heterocycles. The molecular formula is C15H13O. The monoisotopic (exact) mass is 209 g/mol. The van der Waals surface area contributed by atoms with E-state index >= 15 is 0 Å². The molecule has 0 aliphatic carbocycles. The Morgan fingerprint density at radius 2 is 1.75 bits per heavy atom. The van der Waals surface area contributed by atoms with E-state index in [-0.39, 0.29) is 5.41 Å². The molecule has 0 bridgehead atoms. The summed E-state index contributed by atoms with van der Waals surface area (Å²) in [5.74, 6) is 1.88. The van der Waals surface area contributed by atoms with Crippen molar-refractivity contribution in [3.05, 3.63) is 59.7 Å². The maximum atomic E-state index is 5.88. The Morgan fingerprint density at radius 1 is 1.00 bits per heavy atom. The maximum Gasteiger partial charge on any atom is 0.132 e. The molecule has 0 aromatic heterocycles. The van der Waals surface area contributed by atoms with Crippen LogP contribution in [0.3, 0.4) is 0 Å². The van der Waals surface area contributed by atoms with Crippen LogP contribution in [-0.4, -0.2) is 0 Å². The third-order valence-corrected chi connectivity index (χ3v) is 3.22. The lowest BCUT2D eigenvalue weighted by atomic mass is 9.76. The standard InChI is InChI=1S/C15H13O/c1-15(2)11-7-3-5-9-13(11)16-14-10-6-4-8-12(14)15/h3-7,9-10H,1-2H3. The predicted octanol–water partition coefficient (Wildman–Crippen LogP) is 3.92. The molecule has 0 N–H and O–H groups in total. The number of hydrogen-bond donors (Lipinski definition) is 0. The van der Waals surface area contributed by atoms with Crippen molar-refractivity contribution in [1.29, 1.82) is 0 Å². The minimum absolute atomic E-state index is 0.0363. The fourth-order valence-electron chi connectivity index (χ4n) is 2.32. The molecule has 2 aromatic rings. The molecule has 1 nitrogen and oxygen atoms in total. The van der Waals surface area contributed by atoms with Crippen molar-refractivity contribution in [2.24, 2.45) is 0 Å². The smallest absolute Gasteiger partial charge is 0.132 e. The van der Waals surface area contributed by atoms with Crippen LogP contribution in [0.25, 0.3) is 0 Å². The zero-order valence-electron chi connectivity index (χ0n) is 9.45. The molecular weight excluding hydrogens is 196 g/mol.